The van der Waals surface area contributed by atoms with Crippen molar-refractivity contribution >= 4 is 29.0 Å². The number of amides is 1. The van der Waals surface area contributed by atoms with Gasteiger partial charge >= 0.3 is 0 Å². The SMILES string of the molecule is C[C@@H](NC(=O)C1CCN(c2ccc3nnc(-c4ccc(Cl)cc4)n3n2)CC1)c1ccc(F)cc1. The molecule has 1 amide bonds. The molecule has 34 heavy (non-hydrogen) atoms. The Morgan fingerprint density at radius 3 is 2.44 bits per heavy atom. The summed E-state index contributed by atoms with van der Waals surface area (Å²) in [4.78, 5) is 15.0. The molecule has 2 aromatic carbocycles. The molecule has 1 atom stereocenters. The molecule has 4 aromatic rings. The van der Waals surface area contributed by atoms with Crippen LogP contribution in [0.15, 0.2) is 60.7 Å². The predicted molar refractivity (Wildman–Crippen MR) is 129 cm³/mol. The highest BCUT2D eigenvalue weighted by atomic mass is 35.5. The van der Waals surface area contributed by atoms with Crippen LogP contribution in [0.25, 0.3) is 17.0 Å². The summed E-state index contributed by atoms with van der Waals surface area (Å²) in [7, 11) is 0. The third-order valence-electron chi connectivity index (χ3n) is 6.27. The van der Waals surface area contributed by atoms with Gasteiger partial charge in [0.05, 0.1) is 6.04 Å². The Hall–Kier alpha value is -3.52. The molecule has 2 aromatic heterocycles. The van der Waals surface area contributed by atoms with E-state index in [1.54, 1.807) is 16.6 Å². The summed E-state index contributed by atoms with van der Waals surface area (Å²) in [6.07, 6.45) is 1.46. The van der Waals surface area contributed by atoms with Gasteiger partial charge in [0.2, 0.25) is 5.91 Å². The molecule has 3 heterocycles. The van der Waals surface area contributed by atoms with Crippen LogP contribution < -0.4 is 10.2 Å². The molecular weight excluding hydrogens is 455 g/mol. The molecule has 1 aliphatic rings. The third kappa shape index (κ3) is 4.59. The average molecular weight is 479 g/mol. The van der Waals surface area contributed by atoms with Gasteiger partial charge < -0.3 is 10.2 Å². The molecule has 0 unspecified atom stereocenters. The zero-order valence-electron chi connectivity index (χ0n) is 18.7. The number of hydrogen-bond acceptors (Lipinski definition) is 5. The van der Waals surface area contributed by atoms with Crippen LogP contribution in [-0.2, 0) is 4.79 Å². The number of piperidine rings is 1. The maximum Gasteiger partial charge on any atom is 0.223 e. The first-order valence-electron chi connectivity index (χ1n) is 11.3. The second kappa shape index (κ2) is 9.38. The first kappa shape index (κ1) is 22.3. The van der Waals surface area contributed by atoms with Crippen LogP contribution in [0.4, 0.5) is 10.2 Å². The quantitative estimate of drug-likeness (QED) is 0.451. The predicted octanol–water partition coefficient (Wildman–Crippen LogP) is 4.68. The molecule has 1 aliphatic heterocycles. The van der Waals surface area contributed by atoms with Gasteiger partial charge in [-0.15, -0.1) is 15.3 Å². The highest BCUT2D eigenvalue weighted by Gasteiger charge is 2.27. The van der Waals surface area contributed by atoms with E-state index in [2.05, 4.69) is 20.4 Å². The molecule has 174 valence electrons. The minimum Gasteiger partial charge on any atom is -0.355 e. The number of benzene rings is 2. The van der Waals surface area contributed by atoms with Crippen molar-refractivity contribution in [3.8, 4) is 11.4 Å². The Morgan fingerprint density at radius 2 is 1.74 bits per heavy atom. The third-order valence-corrected chi connectivity index (χ3v) is 6.52. The highest BCUT2D eigenvalue weighted by Crippen LogP contribution is 2.25. The van der Waals surface area contributed by atoms with E-state index in [0.29, 0.717) is 16.5 Å². The van der Waals surface area contributed by atoms with E-state index in [9.17, 15) is 9.18 Å². The van der Waals surface area contributed by atoms with Crippen LogP contribution in [0.3, 0.4) is 0 Å². The summed E-state index contributed by atoms with van der Waals surface area (Å²) in [5.74, 6) is 1.15. The zero-order valence-corrected chi connectivity index (χ0v) is 19.4. The van der Waals surface area contributed by atoms with Gasteiger partial charge in [-0.2, -0.15) is 4.52 Å². The monoisotopic (exact) mass is 478 g/mol. The van der Waals surface area contributed by atoms with Gasteiger partial charge in [0, 0.05) is 29.6 Å². The number of rotatable bonds is 5. The molecule has 0 radical (unpaired) electrons. The number of halogens is 2. The number of anilines is 1. The fourth-order valence-corrected chi connectivity index (χ4v) is 4.39. The summed E-state index contributed by atoms with van der Waals surface area (Å²) < 4.78 is 14.9. The molecule has 1 fully saturated rings. The number of aromatic nitrogens is 4. The lowest BCUT2D eigenvalue weighted by Gasteiger charge is -2.32. The van der Waals surface area contributed by atoms with Crippen LogP contribution in [0.1, 0.15) is 31.4 Å². The molecule has 0 bridgehead atoms. The molecule has 9 heteroatoms. The van der Waals surface area contributed by atoms with Crippen molar-refractivity contribution in [2.75, 3.05) is 18.0 Å². The lowest BCUT2D eigenvalue weighted by Crippen LogP contribution is -2.41. The van der Waals surface area contributed by atoms with Crippen molar-refractivity contribution in [2.45, 2.75) is 25.8 Å². The number of nitrogens with zero attached hydrogens (tertiary/aromatic N) is 5. The standard InChI is InChI=1S/C25H24ClFN6O/c1-16(17-4-8-21(27)9-5-17)28-25(34)19-12-14-32(15-13-19)23-11-10-22-29-30-24(33(22)31-23)18-2-6-20(26)7-3-18/h2-11,16,19H,12-15H2,1H3,(H,28,34)/t16-/m1/s1. The Balaban J connectivity index is 1.25. The Kier molecular flexibility index (Phi) is 6.15. The number of carbonyl (C=O) groups is 1. The molecule has 0 spiro atoms. The maximum atomic E-state index is 13.2. The van der Waals surface area contributed by atoms with Crippen LogP contribution in [0, 0.1) is 11.7 Å². The summed E-state index contributed by atoms with van der Waals surface area (Å²) >= 11 is 6.01. The van der Waals surface area contributed by atoms with Crippen molar-refractivity contribution in [1.29, 1.82) is 0 Å². The van der Waals surface area contributed by atoms with Crippen molar-refractivity contribution in [1.82, 2.24) is 25.1 Å². The first-order chi connectivity index (χ1) is 16.5. The van der Waals surface area contributed by atoms with Gasteiger partial charge in [0.1, 0.15) is 11.6 Å². The topological polar surface area (TPSA) is 75.4 Å². The first-order valence-corrected chi connectivity index (χ1v) is 11.6. The van der Waals surface area contributed by atoms with Crippen LogP contribution in [0.2, 0.25) is 5.02 Å². The van der Waals surface area contributed by atoms with Crippen molar-refractivity contribution in [2.24, 2.45) is 5.92 Å². The van der Waals surface area contributed by atoms with Gasteiger partial charge in [-0.3, -0.25) is 4.79 Å². The van der Waals surface area contributed by atoms with E-state index in [0.717, 1.165) is 42.9 Å². The second-order valence-electron chi connectivity index (χ2n) is 8.54. The van der Waals surface area contributed by atoms with Crippen molar-refractivity contribution in [3.05, 3.63) is 77.1 Å². The van der Waals surface area contributed by atoms with E-state index in [1.807, 2.05) is 43.3 Å². The fourth-order valence-electron chi connectivity index (χ4n) is 4.26. The van der Waals surface area contributed by atoms with E-state index in [-0.39, 0.29) is 23.7 Å². The fraction of sp³-hybridized carbons (Fsp3) is 0.280. The van der Waals surface area contributed by atoms with Crippen LogP contribution in [-0.4, -0.2) is 38.8 Å². The second-order valence-corrected chi connectivity index (χ2v) is 8.97. The Labute approximate surface area is 201 Å². The van der Waals surface area contributed by atoms with Gasteiger partial charge in [-0.25, -0.2) is 4.39 Å². The molecule has 7 nitrogen and oxygen atoms in total. The number of nitrogens with one attached hydrogen (secondary N) is 1. The maximum absolute atomic E-state index is 13.2. The van der Waals surface area contributed by atoms with Gasteiger partial charge in [-0.1, -0.05) is 23.7 Å². The average Bonchev–Trinajstić information content (AvgIpc) is 3.28. The molecule has 0 aliphatic carbocycles. The largest absolute Gasteiger partial charge is 0.355 e. The van der Waals surface area contributed by atoms with E-state index in [4.69, 9.17) is 16.7 Å². The normalized spacial score (nSPS) is 15.4. The van der Waals surface area contributed by atoms with Gasteiger partial charge in [-0.05, 0) is 73.9 Å². The highest BCUT2D eigenvalue weighted by molar-refractivity contribution is 6.30. The van der Waals surface area contributed by atoms with E-state index >= 15 is 0 Å². The number of hydrogen-bond donors (Lipinski definition) is 1. The van der Waals surface area contributed by atoms with E-state index < -0.39 is 0 Å². The molecule has 0 saturated carbocycles. The van der Waals surface area contributed by atoms with E-state index in [1.165, 1.54) is 12.1 Å². The minimum atomic E-state index is -0.284. The molecule has 1 N–H and O–H groups in total. The van der Waals surface area contributed by atoms with Crippen LogP contribution in [0.5, 0.6) is 0 Å². The minimum absolute atomic E-state index is 0.0312. The molecule has 5 rings (SSSR count). The smallest absolute Gasteiger partial charge is 0.223 e. The lowest BCUT2D eigenvalue weighted by atomic mass is 9.95. The van der Waals surface area contributed by atoms with Crippen LogP contribution >= 0.6 is 11.6 Å². The summed E-state index contributed by atoms with van der Waals surface area (Å²) in [5, 5.41) is 17.0. The lowest BCUT2D eigenvalue weighted by molar-refractivity contribution is -0.126. The molecule has 1 saturated heterocycles. The van der Waals surface area contributed by atoms with Crippen molar-refractivity contribution in [3.63, 3.8) is 0 Å². The number of fused-ring (bicyclic) bond motifs is 1. The van der Waals surface area contributed by atoms with Crippen molar-refractivity contribution < 1.29 is 9.18 Å². The zero-order chi connectivity index (χ0) is 23.7. The summed E-state index contributed by atoms with van der Waals surface area (Å²) in [6.45, 7) is 3.36. The number of carbonyl (C=O) groups excluding carboxylic acids is 1. The summed E-state index contributed by atoms with van der Waals surface area (Å²) in [6, 6.07) is 17.3. The van der Waals surface area contributed by atoms with Gasteiger partial charge in [0.15, 0.2) is 11.5 Å². The summed E-state index contributed by atoms with van der Waals surface area (Å²) in [5.41, 5.74) is 2.43. The molecular formula is C25H24ClFN6O. The Morgan fingerprint density at radius 1 is 1.03 bits per heavy atom. The van der Waals surface area contributed by atoms with Gasteiger partial charge in [0.25, 0.3) is 0 Å². The Bertz CT molecular complexity index is 1300.